The van der Waals surface area contributed by atoms with Crippen molar-refractivity contribution in [3.05, 3.63) is 24.0 Å². The Hall–Kier alpha value is -1.58. The first-order chi connectivity index (χ1) is 9.49. The van der Waals surface area contributed by atoms with Gasteiger partial charge in [0, 0.05) is 26.2 Å². The number of rotatable bonds is 4. The van der Waals surface area contributed by atoms with Gasteiger partial charge in [0.1, 0.15) is 0 Å². The van der Waals surface area contributed by atoms with Gasteiger partial charge < -0.3 is 9.47 Å². The molecule has 0 bridgehead atoms. The van der Waals surface area contributed by atoms with Gasteiger partial charge in [0.2, 0.25) is 5.91 Å². The van der Waals surface area contributed by atoms with E-state index < -0.39 is 0 Å². The fourth-order valence-electron chi connectivity index (χ4n) is 2.90. The van der Waals surface area contributed by atoms with Crippen LogP contribution in [-0.4, -0.2) is 34.2 Å². The maximum absolute atomic E-state index is 12.3. The van der Waals surface area contributed by atoms with Crippen molar-refractivity contribution in [3.8, 4) is 0 Å². The summed E-state index contributed by atoms with van der Waals surface area (Å²) in [7, 11) is 1.85. The van der Waals surface area contributed by atoms with E-state index in [0.29, 0.717) is 30.5 Å². The second-order valence-corrected chi connectivity index (χ2v) is 6.07. The maximum atomic E-state index is 12.3. The molecule has 0 aromatic carbocycles. The Labute approximate surface area is 120 Å². The van der Waals surface area contributed by atoms with Gasteiger partial charge in [-0.2, -0.15) is 0 Å². The Kier molecular flexibility index (Phi) is 4.63. The van der Waals surface area contributed by atoms with E-state index in [1.165, 1.54) is 0 Å². The van der Waals surface area contributed by atoms with Crippen molar-refractivity contribution in [3.63, 3.8) is 0 Å². The van der Waals surface area contributed by atoms with Gasteiger partial charge in [-0.1, -0.05) is 13.8 Å². The Morgan fingerprint density at radius 3 is 2.75 bits per heavy atom. The lowest BCUT2D eigenvalue weighted by molar-refractivity contribution is -0.130. The average Bonchev–Trinajstić information content (AvgIpc) is 2.73. The zero-order valence-electron chi connectivity index (χ0n) is 12.6. The van der Waals surface area contributed by atoms with Gasteiger partial charge in [0.25, 0.3) is 0 Å². The third kappa shape index (κ3) is 3.30. The summed E-state index contributed by atoms with van der Waals surface area (Å²) in [4.78, 5) is 26.1. The minimum absolute atomic E-state index is 0.0221. The van der Waals surface area contributed by atoms with Crippen LogP contribution in [-0.2, 0) is 11.8 Å². The smallest absolute Gasteiger partial charge is 0.222 e. The molecule has 20 heavy (non-hydrogen) atoms. The number of hydrogen-bond donors (Lipinski definition) is 0. The molecule has 1 aliphatic rings. The first kappa shape index (κ1) is 14.8. The highest BCUT2D eigenvalue weighted by molar-refractivity contribution is 5.98. The van der Waals surface area contributed by atoms with E-state index in [9.17, 15) is 9.59 Å². The van der Waals surface area contributed by atoms with Crippen molar-refractivity contribution >= 4 is 11.7 Å². The molecule has 2 rings (SSSR count). The zero-order chi connectivity index (χ0) is 14.7. The molecule has 4 heteroatoms. The summed E-state index contributed by atoms with van der Waals surface area (Å²) in [5, 5.41) is 0. The number of nitrogens with zero attached hydrogens (tertiary/aromatic N) is 2. The third-order valence-corrected chi connectivity index (χ3v) is 4.36. The van der Waals surface area contributed by atoms with Gasteiger partial charge in [-0.3, -0.25) is 9.59 Å². The SMILES string of the molecule is CC(C)C1CCC(=O)N(CC(=O)c2cccn2C)CC1. The summed E-state index contributed by atoms with van der Waals surface area (Å²) in [6.07, 6.45) is 4.38. The van der Waals surface area contributed by atoms with E-state index in [1.54, 1.807) is 4.90 Å². The van der Waals surface area contributed by atoms with E-state index in [1.807, 2.05) is 29.9 Å². The van der Waals surface area contributed by atoms with Crippen LogP contribution in [0.25, 0.3) is 0 Å². The fraction of sp³-hybridized carbons (Fsp3) is 0.625. The molecule has 1 amide bonds. The lowest BCUT2D eigenvalue weighted by Crippen LogP contribution is -2.35. The molecular weight excluding hydrogens is 252 g/mol. The molecule has 110 valence electrons. The number of carbonyl (C=O) groups is 2. The van der Waals surface area contributed by atoms with Crippen LogP contribution in [0, 0.1) is 11.8 Å². The van der Waals surface area contributed by atoms with Gasteiger partial charge in [-0.05, 0) is 36.8 Å². The highest BCUT2D eigenvalue weighted by atomic mass is 16.2. The van der Waals surface area contributed by atoms with Crippen LogP contribution < -0.4 is 0 Å². The standard InChI is InChI=1S/C16H24N2O2/c1-12(2)13-6-7-16(20)18(10-8-13)11-15(19)14-5-4-9-17(14)3/h4-5,9,12-13H,6-8,10-11H2,1-3H3. The molecule has 1 atom stereocenters. The van der Waals surface area contributed by atoms with Gasteiger partial charge in [-0.25, -0.2) is 0 Å². The molecule has 1 aromatic heterocycles. The summed E-state index contributed by atoms with van der Waals surface area (Å²) in [6, 6.07) is 3.66. The van der Waals surface area contributed by atoms with E-state index in [4.69, 9.17) is 0 Å². The van der Waals surface area contributed by atoms with Crippen molar-refractivity contribution in [1.29, 1.82) is 0 Å². The number of aromatic nitrogens is 1. The molecule has 1 saturated heterocycles. The molecule has 0 saturated carbocycles. The molecule has 1 aromatic rings. The Morgan fingerprint density at radius 2 is 2.15 bits per heavy atom. The predicted molar refractivity (Wildman–Crippen MR) is 78.5 cm³/mol. The maximum Gasteiger partial charge on any atom is 0.222 e. The van der Waals surface area contributed by atoms with Gasteiger partial charge in [0.05, 0.1) is 12.2 Å². The third-order valence-electron chi connectivity index (χ3n) is 4.36. The largest absolute Gasteiger partial charge is 0.348 e. The molecule has 4 nitrogen and oxygen atoms in total. The molecule has 0 radical (unpaired) electrons. The Bertz CT molecular complexity index is 490. The van der Waals surface area contributed by atoms with Crippen molar-refractivity contribution in [1.82, 2.24) is 9.47 Å². The molecule has 1 aliphatic heterocycles. The number of ketones is 1. The monoisotopic (exact) mass is 276 g/mol. The number of amides is 1. The summed E-state index contributed by atoms with van der Waals surface area (Å²) in [6.45, 7) is 5.33. The second-order valence-electron chi connectivity index (χ2n) is 6.07. The Morgan fingerprint density at radius 1 is 1.40 bits per heavy atom. The van der Waals surface area contributed by atoms with Gasteiger partial charge in [0.15, 0.2) is 5.78 Å². The number of hydrogen-bond acceptors (Lipinski definition) is 2. The predicted octanol–water partition coefficient (Wildman–Crippen LogP) is 2.49. The van der Waals surface area contributed by atoms with Crippen LogP contribution in [0.5, 0.6) is 0 Å². The summed E-state index contributed by atoms with van der Waals surface area (Å²) in [5.41, 5.74) is 0.669. The lowest BCUT2D eigenvalue weighted by atomic mass is 9.89. The highest BCUT2D eigenvalue weighted by Crippen LogP contribution is 2.25. The Balaban J connectivity index is 2.00. The molecule has 0 aliphatic carbocycles. The molecule has 0 spiro atoms. The fourth-order valence-corrected chi connectivity index (χ4v) is 2.90. The van der Waals surface area contributed by atoms with Crippen molar-refractivity contribution in [2.24, 2.45) is 18.9 Å². The lowest BCUT2D eigenvalue weighted by Gasteiger charge is -2.21. The number of carbonyl (C=O) groups excluding carboxylic acids is 2. The van der Waals surface area contributed by atoms with E-state index in [2.05, 4.69) is 13.8 Å². The van der Waals surface area contributed by atoms with E-state index >= 15 is 0 Å². The quantitative estimate of drug-likeness (QED) is 0.793. The first-order valence-electron chi connectivity index (χ1n) is 7.41. The van der Waals surface area contributed by atoms with Crippen LogP contribution in [0.1, 0.15) is 43.6 Å². The topological polar surface area (TPSA) is 42.3 Å². The van der Waals surface area contributed by atoms with Gasteiger partial charge >= 0.3 is 0 Å². The highest BCUT2D eigenvalue weighted by Gasteiger charge is 2.26. The van der Waals surface area contributed by atoms with Crippen molar-refractivity contribution < 1.29 is 9.59 Å². The van der Waals surface area contributed by atoms with Crippen LogP contribution in [0.4, 0.5) is 0 Å². The number of likely N-dealkylation sites (tertiary alicyclic amines) is 1. The van der Waals surface area contributed by atoms with Crippen LogP contribution in [0.2, 0.25) is 0 Å². The molecular formula is C16H24N2O2. The van der Waals surface area contributed by atoms with Crippen molar-refractivity contribution in [2.45, 2.75) is 33.1 Å². The zero-order valence-corrected chi connectivity index (χ0v) is 12.6. The van der Waals surface area contributed by atoms with E-state index in [-0.39, 0.29) is 18.2 Å². The normalized spacial score (nSPS) is 20.3. The van der Waals surface area contributed by atoms with E-state index in [0.717, 1.165) is 12.8 Å². The van der Waals surface area contributed by atoms with Crippen molar-refractivity contribution in [2.75, 3.05) is 13.1 Å². The minimum Gasteiger partial charge on any atom is -0.348 e. The van der Waals surface area contributed by atoms with Gasteiger partial charge in [-0.15, -0.1) is 0 Å². The molecule has 2 heterocycles. The number of aryl methyl sites for hydroxylation is 1. The molecule has 0 N–H and O–H groups in total. The number of Topliss-reactive ketones (excluding diaryl/α,β-unsaturated/α-hetero) is 1. The van der Waals surface area contributed by atoms with Crippen LogP contribution in [0.3, 0.4) is 0 Å². The summed E-state index contributed by atoms with van der Waals surface area (Å²) in [5.74, 6) is 1.34. The summed E-state index contributed by atoms with van der Waals surface area (Å²) >= 11 is 0. The molecule has 1 unspecified atom stereocenters. The van der Waals surface area contributed by atoms with Crippen LogP contribution >= 0.6 is 0 Å². The average molecular weight is 276 g/mol. The minimum atomic E-state index is 0.0221. The second kappa shape index (κ2) is 6.25. The summed E-state index contributed by atoms with van der Waals surface area (Å²) < 4.78 is 1.81. The first-order valence-corrected chi connectivity index (χ1v) is 7.41. The molecule has 1 fully saturated rings. The van der Waals surface area contributed by atoms with Crippen LogP contribution in [0.15, 0.2) is 18.3 Å².